The monoisotopic (exact) mass is 512 g/mol. The van der Waals surface area contributed by atoms with Gasteiger partial charge in [-0.2, -0.15) is 5.10 Å². The number of hydrogen-bond donors (Lipinski definition) is 4. The van der Waals surface area contributed by atoms with Gasteiger partial charge in [0, 0.05) is 59.3 Å². The van der Waals surface area contributed by atoms with Gasteiger partial charge in [0.25, 0.3) is 0 Å². The van der Waals surface area contributed by atoms with E-state index in [1.165, 1.54) is 6.07 Å². The lowest BCUT2D eigenvalue weighted by molar-refractivity contribution is 0.425. The first-order chi connectivity index (χ1) is 18.5. The van der Waals surface area contributed by atoms with Crippen molar-refractivity contribution in [2.24, 2.45) is 5.10 Å². The number of hydrazone groups is 1. The van der Waals surface area contributed by atoms with Crippen molar-refractivity contribution < 1.29 is 4.39 Å². The summed E-state index contributed by atoms with van der Waals surface area (Å²) >= 11 is 0. The van der Waals surface area contributed by atoms with Gasteiger partial charge in [-0.25, -0.2) is 9.37 Å². The van der Waals surface area contributed by atoms with Crippen molar-refractivity contribution in [1.29, 1.82) is 0 Å². The Morgan fingerprint density at radius 3 is 2.76 bits per heavy atom. The van der Waals surface area contributed by atoms with Crippen LogP contribution < -0.4 is 16.1 Å². The molecule has 9 heteroatoms. The van der Waals surface area contributed by atoms with E-state index < -0.39 is 0 Å². The number of likely N-dealkylation sites (N-methyl/N-ethyl adjacent to an activating group) is 1. The van der Waals surface area contributed by atoms with Gasteiger partial charge in [-0.3, -0.25) is 4.98 Å². The maximum Gasteiger partial charge on any atom is 0.138 e. The molecule has 6 rings (SSSR count). The van der Waals surface area contributed by atoms with E-state index in [1.54, 1.807) is 12.3 Å². The number of benzene rings is 1. The molecule has 38 heavy (non-hydrogen) atoms. The molecule has 0 unspecified atom stereocenters. The molecule has 1 saturated heterocycles. The standard InChI is InChI=1S/C29H33FN8/c1-38(2)10-9-32-22-12-19(11-21(30)13-22)23-5-8-33-29-25(23)15-27(36-29)28-24-14-26(18-3-6-31-7-4-18)34-16-20(24)17-35-37-28/h5,8,11-16,18,31-32,35H,3-4,6-7,9-10,17H2,1-2H3,(H,33,36). The topological polar surface area (TPSA) is 93.3 Å². The summed E-state index contributed by atoms with van der Waals surface area (Å²) in [6.07, 6.45) is 5.93. The number of H-pyrrole nitrogens is 1. The third-order valence-corrected chi connectivity index (χ3v) is 7.36. The van der Waals surface area contributed by atoms with E-state index in [0.717, 1.165) is 95.1 Å². The molecule has 0 spiro atoms. The van der Waals surface area contributed by atoms with Crippen LogP contribution in [0, 0.1) is 5.82 Å². The molecule has 196 valence electrons. The number of aromatic nitrogens is 3. The Morgan fingerprint density at radius 1 is 1.05 bits per heavy atom. The third-order valence-electron chi connectivity index (χ3n) is 7.36. The highest BCUT2D eigenvalue weighted by Gasteiger charge is 2.23. The number of nitrogens with one attached hydrogen (secondary N) is 4. The second-order valence-electron chi connectivity index (χ2n) is 10.3. The van der Waals surface area contributed by atoms with E-state index >= 15 is 0 Å². The van der Waals surface area contributed by atoms with Gasteiger partial charge in [-0.1, -0.05) is 0 Å². The highest BCUT2D eigenvalue weighted by atomic mass is 19.1. The van der Waals surface area contributed by atoms with Crippen LogP contribution in [0.2, 0.25) is 0 Å². The van der Waals surface area contributed by atoms with Gasteiger partial charge >= 0.3 is 0 Å². The number of aromatic amines is 1. The van der Waals surface area contributed by atoms with Crippen LogP contribution in [-0.4, -0.2) is 65.8 Å². The van der Waals surface area contributed by atoms with Gasteiger partial charge in [0.1, 0.15) is 17.2 Å². The van der Waals surface area contributed by atoms with E-state index in [9.17, 15) is 4.39 Å². The Kier molecular flexibility index (Phi) is 6.78. The van der Waals surface area contributed by atoms with E-state index in [1.807, 2.05) is 32.4 Å². The largest absolute Gasteiger partial charge is 0.384 e. The normalized spacial score (nSPS) is 15.8. The van der Waals surface area contributed by atoms with E-state index in [-0.39, 0.29) is 5.82 Å². The minimum atomic E-state index is -0.275. The minimum Gasteiger partial charge on any atom is -0.384 e. The number of fused-ring (bicyclic) bond motifs is 2. The van der Waals surface area contributed by atoms with Crippen LogP contribution in [0.25, 0.3) is 22.2 Å². The molecule has 0 amide bonds. The van der Waals surface area contributed by atoms with Crippen LogP contribution in [-0.2, 0) is 6.54 Å². The van der Waals surface area contributed by atoms with Crippen LogP contribution >= 0.6 is 0 Å². The highest BCUT2D eigenvalue weighted by Crippen LogP contribution is 2.32. The molecule has 3 aromatic heterocycles. The summed E-state index contributed by atoms with van der Waals surface area (Å²) in [4.78, 5) is 14.9. The molecule has 0 bridgehead atoms. The molecule has 4 N–H and O–H groups in total. The van der Waals surface area contributed by atoms with Gasteiger partial charge < -0.3 is 25.9 Å². The van der Waals surface area contributed by atoms with Crippen molar-refractivity contribution in [1.82, 2.24) is 30.6 Å². The molecule has 1 fully saturated rings. The summed E-state index contributed by atoms with van der Waals surface area (Å²) in [6, 6.07) is 11.3. The molecule has 2 aliphatic rings. The number of anilines is 1. The Morgan fingerprint density at radius 2 is 1.92 bits per heavy atom. The zero-order valence-corrected chi connectivity index (χ0v) is 21.8. The Labute approximate surface area is 221 Å². The van der Waals surface area contributed by atoms with E-state index in [0.29, 0.717) is 12.5 Å². The fraction of sp³-hybridized carbons (Fsp3) is 0.345. The smallest absolute Gasteiger partial charge is 0.138 e. The fourth-order valence-electron chi connectivity index (χ4n) is 5.35. The van der Waals surface area contributed by atoms with E-state index in [4.69, 9.17) is 10.1 Å². The number of rotatable bonds is 7. The number of pyridine rings is 2. The lowest BCUT2D eigenvalue weighted by atomic mass is 9.91. The first-order valence-electron chi connectivity index (χ1n) is 13.2. The maximum absolute atomic E-state index is 14.6. The average Bonchev–Trinajstić information content (AvgIpc) is 3.37. The molecule has 1 aromatic carbocycles. The molecule has 5 heterocycles. The molecular formula is C29H33FN8. The Hall–Kier alpha value is -3.82. The zero-order chi connectivity index (χ0) is 26.1. The van der Waals surface area contributed by atoms with Gasteiger partial charge in [-0.15, -0.1) is 0 Å². The van der Waals surface area contributed by atoms with E-state index in [2.05, 4.69) is 43.1 Å². The number of hydrogen-bond acceptors (Lipinski definition) is 7. The number of halogens is 1. The van der Waals surface area contributed by atoms with Crippen molar-refractivity contribution in [3.05, 3.63) is 77.1 Å². The van der Waals surface area contributed by atoms with Crippen LogP contribution in [0.5, 0.6) is 0 Å². The second kappa shape index (κ2) is 10.5. The average molecular weight is 513 g/mol. The number of nitrogens with zero attached hydrogens (tertiary/aromatic N) is 4. The molecule has 0 saturated carbocycles. The first-order valence-corrected chi connectivity index (χ1v) is 13.2. The van der Waals surface area contributed by atoms with Crippen LogP contribution in [0.1, 0.15) is 41.3 Å². The summed E-state index contributed by atoms with van der Waals surface area (Å²) in [5, 5.41) is 12.4. The maximum atomic E-state index is 14.6. The zero-order valence-electron chi connectivity index (χ0n) is 21.8. The molecular weight excluding hydrogens is 479 g/mol. The fourth-order valence-corrected chi connectivity index (χ4v) is 5.35. The molecule has 2 aliphatic heterocycles. The number of piperidine rings is 1. The summed E-state index contributed by atoms with van der Waals surface area (Å²) in [7, 11) is 4.04. The quantitative estimate of drug-likeness (QED) is 0.299. The van der Waals surface area contributed by atoms with Crippen molar-refractivity contribution in [3.8, 4) is 11.1 Å². The summed E-state index contributed by atoms with van der Waals surface area (Å²) < 4.78 is 14.6. The van der Waals surface area contributed by atoms with Crippen molar-refractivity contribution >= 4 is 22.4 Å². The van der Waals surface area contributed by atoms with Gasteiger partial charge in [-0.05, 0) is 87.6 Å². The van der Waals surface area contributed by atoms with Crippen LogP contribution in [0.3, 0.4) is 0 Å². The lowest BCUT2D eigenvalue weighted by Crippen LogP contribution is -2.28. The van der Waals surface area contributed by atoms with Gasteiger partial charge in [0.05, 0.1) is 12.2 Å². The predicted octanol–water partition coefficient (Wildman–Crippen LogP) is 4.06. The highest BCUT2D eigenvalue weighted by molar-refractivity contribution is 6.15. The Bertz CT molecular complexity index is 1490. The molecule has 0 aliphatic carbocycles. The van der Waals surface area contributed by atoms with Gasteiger partial charge in [0.2, 0.25) is 0 Å². The molecule has 4 aromatic rings. The second-order valence-corrected chi connectivity index (χ2v) is 10.3. The third kappa shape index (κ3) is 4.99. The van der Waals surface area contributed by atoms with Crippen LogP contribution in [0.4, 0.5) is 10.1 Å². The molecule has 0 radical (unpaired) electrons. The molecule has 8 nitrogen and oxygen atoms in total. The van der Waals surface area contributed by atoms with Crippen LogP contribution in [0.15, 0.2) is 53.9 Å². The first kappa shape index (κ1) is 24.5. The summed E-state index contributed by atoms with van der Waals surface area (Å²) in [5.41, 5.74) is 11.4. The van der Waals surface area contributed by atoms with Crippen molar-refractivity contribution in [2.45, 2.75) is 25.3 Å². The van der Waals surface area contributed by atoms with Gasteiger partial charge in [0.15, 0.2) is 0 Å². The SMILES string of the molecule is CN(C)CCNc1cc(F)cc(-c2ccnc3[nH]c(C4=NNCc5cnc(C6CCNCC6)cc54)cc23)c1. The Balaban J connectivity index is 1.35. The van der Waals surface area contributed by atoms with Crippen molar-refractivity contribution in [2.75, 3.05) is 45.6 Å². The summed E-state index contributed by atoms with van der Waals surface area (Å²) in [5.74, 6) is 0.186. The lowest BCUT2D eigenvalue weighted by Gasteiger charge is -2.24. The molecule has 0 atom stereocenters. The minimum absolute atomic E-state index is 0.275. The van der Waals surface area contributed by atoms with Crippen molar-refractivity contribution in [3.63, 3.8) is 0 Å². The summed E-state index contributed by atoms with van der Waals surface area (Å²) in [6.45, 7) is 4.29. The predicted molar refractivity (Wildman–Crippen MR) is 150 cm³/mol.